The third-order valence-electron chi connectivity index (χ3n) is 3.75. The standard InChI is InChI=1S/C14H18ClFN2O3S/c1-17(9-10-11(15)5-3-6-12(10)16)14(19)13-7-4-8-18(13)22(2,20)21/h3,5-6,13H,4,7-9H2,1-2H3/t13-/m0/s1. The average Bonchev–Trinajstić information content (AvgIpc) is 2.91. The first-order valence-electron chi connectivity index (χ1n) is 6.86. The number of amides is 1. The van der Waals surface area contributed by atoms with E-state index in [1.54, 1.807) is 6.07 Å². The van der Waals surface area contributed by atoms with Crippen molar-refractivity contribution in [2.45, 2.75) is 25.4 Å². The molecule has 0 unspecified atom stereocenters. The second kappa shape index (κ2) is 6.52. The van der Waals surface area contributed by atoms with E-state index >= 15 is 0 Å². The molecule has 0 saturated carbocycles. The molecule has 2 rings (SSSR count). The molecule has 22 heavy (non-hydrogen) atoms. The molecule has 1 aromatic carbocycles. The van der Waals surface area contributed by atoms with Crippen molar-refractivity contribution >= 4 is 27.5 Å². The Hall–Kier alpha value is -1.18. The highest BCUT2D eigenvalue weighted by Gasteiger charge is 2.37. The van der Waals surface area contributed by atoms with E-state index in [2.05, 4.69) is 0 Å². The number of sulfonamides is 1. The molecule has 122 valence electrons. The number of hydrogen-bond acceptors (Lipinski definition) is 3. The van der Waals surface area contributed by atoms with Gasteiger partial charge < -0.3 is 4.90 Å². The van der Waals surface area contributed by atoms with Gasteiger partial charge in [0, 0.05) is 30.7 Å². The summed E-state index contributed by atoms with van der Waals surface area (Å²) in [6.45, 7) is 0.335. The number of hydrogen-bond donors (Lipinski definition) is 0. The Balaban J connectivity index is 2.16. The van der Waals surface area contributed by atoms with Crippen molar-refractivity contribution in [3.63, 3.8) is 0 Å². The van der Waals surface area contributed by atoms with Crippen LogP contribution in [0.3, 0.4) is 0 Å². The van der Waals surface area contributed by atoms with E-state index in [-0.39, 0.29) is 23.0 Å². The van der Waals surface area contributed by atoms with Gasteiger partial charge in [-0.25, -0.2) is 12.8 Å². The lowest BCUT2D eigenvalue weighted by Gasteiger charge is -2.26. The van der Waals surface area contributed by atoms with Crippen molar-refractivity contribution < 1.29 is 17.6 Å². The zero-order valence-corrected chi connectivity index (χ0v) is 14.0. The number of carbonyl (C=O) groups excluding carboxylic acids is 1. The van der Waals surface area contributed by atoms with Crippen molar-refractivity contribution in [2.24, 2.45) is 0 Å². The molecule has 0 aromatic heterocycles. The van der Waals surface area contributed by atoms with Gasteiger partial charge in [0.15, 0.2) is 0 Å². The Bertz CT molecular complexity index is 660. The average molecular weight is 349 g/mol. The van der Waals surface area contributed by atoms with Gasteiger partial charge in [0.05, 0.1) is 6.26 Å². The minimum Gasteiger partial charge on any atom is -0.340 e. The molecule has 1 aromatic rings. The molecule has 0 bridgehead atoms. The predicted molar refractivity (Wildman–Crippen MR) is 82.5 cm³/mol. The van der Waals surface area contributed by atoms with Gasteiger partial charge >= 0.3 is 0 Å². The summed E-state index contributed by atoms with van der Waals surface area (Å²) < 4.78 is 38.4. The van der Waals surface area contributed by atoms with Crippen LogP contribution < -0.4 is 0 Å². The van der Waals surface area contributed by atoms with Crippen LogP contribution in [0.5, 0.6) is 0 Å². The molecule has 1 atom stereocenters. The zero-order chi connectivity index (χ0) is 16.5. The third kappa shape index (κ3) is 3.59. The molecule has 0 spiro atoms. The smallest absolute Gasteiger partial charge is 0.241 e. The largest absolute Gasteiger partial charge is 0.340 e. The van der Waals surface area contributed by atoms with Crippen molar-refractivity contribution in [3.05, 3.63) is 34.6 Å². The third-order valence-corrected chi connectivity index (χ3v) is 5.39. The Kier molecular flexibility index (Phi) is 5.09. The minimum absolute atomic E-state index is 0.00155. The van der Waals surface area contributed by atoms with Crippen LogP contribution in [0.2, 0.25) is 5.02 Å². The molecular weight excluding hydrogens is 331 g/mol. The second-order valence-electron chi connectivity index (χ2n) is 5.43. The maximum atomic E-state index is 13.8. The fourth-order valence-electron chi connectivity index (χ4n) is 2.64. The molecule has 8 heteroatoms. The summed E-state index contributed by atoms with van der Waals surface area (Å²) in [4.78, 5) is 13.8. The molecule has 1 saturated heterocycles. The summed E-state index contributed by atoms with van der Waals surface area (Å²) in [5.41, 5.74) is 0.226. The van der Waals surface area contributed by atoms with Gasteiger partial charge in [-0.2, -0.15) is 4.31 Å². The molecule has 0 aliphatic carbocycles. The summed E-state index contributed by atoms with van der Waals surface area (Å²) in [6.07, 6.45) is 2.20. The van der Waals surface area contributed by atoms with Gasteiger partial charge in [-0.3, -0.25) is 4.79 Å². The van der Waals surface area contributed by atoms with Crippen molar-refractivity contribution in [1.82, 2.24) is 9.21 Å². The van der Waals surface area contributed by atoms with Crippen LogP contribution in [0.4, 0.5) is 4.39 Å². The first kappa shape index (κ1) is 17.2. The lowest BCUT2D eigenvalue weighted by molar-refractivity contribution is -0.133. The van der Waals surface area contributed by atoms with Crippen molar-refractivity contribution in [3.8, 4) is 0 Å². The first-order valence-corrected chi connectivity index (χ1v) is 9.09. The maximum Gasteiger partial charge on any atom is 0.241 e. The van der Waals surface area contributed by atoms with E-state index in [1.807, 2.05) is 0 Å². The molecule has 0 N–H and O–H groups in total. The van der Waals surface area contributed by atoms with Crippen LogP contribution >= 0.6 is 11.6 Å². The topological polar surface area (TPSA) is 57.7 Å². The van der Waals surface area contributed by atoms with Crippen molar-refractivity contribution in [2.75, 3.05) is 19.8 Å². The molecule has 1 heterocycles. The van der Waals surface area contributed by atoms with Crippen LogP contribution in [0, 0.1) is 5.82 Å². The van der Waals surface area contributed by atoms with Gasteiger partial charge in [-0.05, 0) is 25.0 Å². The number of likely N-dealkylation sites (N-methyl/N-ethyl adjacent to an activating group) is 1. The minimum atomic E-state index is -3.43. The molecular formula is C14H18ClFN2O3S. The summed E-state index contributed by atoms with van der Waals surface area (Å²) >= 11 is 5.95. The van der Waals surface area contributed by atoms with E-state index < -0.39 is 21.9 Å². The lowest BCUT2D eigenvalue weighted by atomic mass is 10.1. The van der Waals surface area contributed by atoms with Gasteiger partial charge in [0.1, 0.15) is 11.9 Å². The van der Waals surface area contributed by atoms with Crippen LogP contribution in [0.15, 0.2) is 18.2 Å². The molecule has 1 amide bonds. The second-order valence-corrected chi connectivity index (χ2v) is 7.77. The maximum absolute atomic E-state index is 13.8. The lowest BCUT2D eigenvalue weighted by Crippen LogP contribution is -2.46. The molecule has 1 aliphatic heterocycles. The fraction of sp³-hybridized carbons (Fsp3) is 0.500. The summed E-state index contributed by atoms with van der Waals surface area (Å²) in [7, 11) is -1.92. The number of rotatable bonds is 4. The fourth-order valence-corrected chi connectivity index (χ4v) is 3.98. The highest BCUT2D eigenvalue weighted by molar-refractivity contribution is 7.88. The molecule has 5 nitrogen and oxygen atoms in total. The molecule has 0 radical (unpaired) electrons. The number of carbonyl (C=O) groups is 1. The predicted octanol–water partition coefficient (Wildman–Crippen LogP) is 1.86. The summed E-state index contributed by atoms with van der Waals surface area (Å²) in [5.74, 6) is -0.833. The molecule has 1 aliphatic rings. The van der Waals surface area contributed by atoms with Crippen LogP contribution in [-0.4, -0.2) is 49.4 Å². The van der Waals surface area contributed by atoms with E-state index in [0.717, 1.165) is 6.26 Å². The SMILES string of the molecule is CN(Cc1c(F)cccc1Cl)C(=O)[C@@H]1CCCN1S(C)(=O)=O. The highest BCUT2D eigenvalue weighted by atomic mass is 35.5. The van der Waals surface area contributed by atoms with E-state index in [9.17, 15) is 17.6 Å². The van der Waals surface area contributed by atoms with Gasteiger partial charge in [0.25, 0.3) is 0 Å². The van der Waals surface area contributed by atoms with E-state index in [1.165, 1.54) is 28.4 Å². The monoisotopic (exact) mass is 348 g/mol. The normalized spacial score (nSPS) is 19.4. The summed E-state index contributed by atoms with van der Waals surface area (Å²) in [6, 6.07) is 3.60. The Morgan fingerprint density at radius 2 is 2.18 bits per heavy atom. The van der Waals surface area contributed by atoms with Crippen LogP contribution in [0.25, 0.3) is 0 Å². The first-order chi connectivity index (χ1) is 10.2. The molecule has 1 fully saturated rings. The van der Waals surface area contributed by atoms with Gasteiger partial charge in [-0.1, -0.05) is 17.7 Å². The summed E-state index contributed by atoms with van der Waals surface area (Å²) in [5, 5.41) is 0.242. The number of nitrogens with zero attached hydrogens (tertiary/aromatic N) is 2. The van der Waals surface area contributed by atoms with Crippen molar-refractivity contribution in [1.29, 1.82) is 0 Å². The Morgan fingerprint density at radius 3 is 2.77 bits per heavy atom. The zero-order valence-electron chi connectivity index (χ0n) is 12.4. The van der Waals surface area contributed by atoms with Crippen LogP contribution in [0.1, 0.15) is 18.4 Å². The quantitative estimate of drug-likeness (QED) is 0.834. The van der Waals surface area contributed by atoms with E-state index in [4.69, 9.17) is 11.6 Å². The van der Waals surface area contributed by atoms with Crippen LogP contribution in [-0.2, 0) is 21.4 Å². The Labute approximate surface area is 134 Å². The Morgan fingerprint density at radius 1 is 1.50 bits per heavy atom. The van der Waals surface area contributed by atoms with Gasteiger partial charge in [-0.15, -0.1) is 0 Å². The number of benzene rings is 1. The van der Waals surface area contributed by atoms with Gasteiger partial charge in [0.2, 0.25) is 15.9 Å². The number of halogens is 2. The highest BCUT2D eigenvalue weighted by Crippen LogP contribution is 2.24. The van der Waals surface area contributed by atoms with E-state index in [0.29, 0.717) is 19.4 Å².